The van der Waals surface area contributed by atoms with Crippen LogP contribution in [0.25, 0.3) is 0 Å². The van der Waals surface area contributed by atoms with Crippen molar-refractivity contribution in [3.8, 4) is 0 Å². The Labute approximate surface area is 53.2 Å². The Balaban J connectivity index is 0.000000160. The molecule has 0 spiro atoms. The van der Waals surface area contributed by atoms with Crippen LogP contribution in [0.3, 0.4) is 0 Å². The molecule has 0 unspecified atom stereocenters. The van der Waals surface area contributed by atoms with E-state index < -0.39 is 0 Å². The van der Waals surface area contributed by atoms with E-state index in [4.69, 9.17) is 0 Å². The first-order valence-corrected chi connectivity index (χ1v) is 2.45. The van der Waals surface area contributed by atoms with Gasteiger partial charge in [-0.25, -0.2) is 0 Å². The first-order valence-electron chi connectivity index (χ1n) is 1.53. The fraction of sp³-hybridized carbons (Fsp3) is 1.00. The molecule has 0 aromatic carbocycles. The largest absolute Gasteiger partial charge is 2.00 e. The Kier molecular flexibility index (Phi) is 2.82. The third kappa shape index (κ3) is 2.92. The van der Waals surface area contributed by atoms with Gasteiger partial charge in [0.2, 0.25) is 0 Å². The van der Waals surface area contributed by atoms with Gasteiger partial charge in [0, 0.05) is 4.83 Å². The smallest absolute Gasteiger partial charge is 0.0891 e. The van der Waals surface area contributed by atoms with Crippen molar-refractivity contribution in [2.24, 2.45) is 0 Å². The van der Waals surface area contributed by atoms with Crippen LogP contribution >= 0.6 is 15.9 Å². The monoisotopic (exact) mass is 184 g/mol. The minimum Gasteiger partial charge on any atom is -0.0891 e. The second kappa shape index (κ2) is 2.31. The number of hydrogen-bond donors (Lipinski definition) is 0. The first kappa shape index (κ1) is 6.10. The molecule has 0 aromatic heterocycles. The summed E-state index contributed by atoms with van der Waals surface area (Å²) in [4.78, 5) is 0.896. The van der Waals surface area contributed by atoms with Crippen LogP contribution in [0.15, 0.2) is 0 Å². The normalized spacial score (nSPS) is 21.0. The van der Waals surface area contributed by atoms with Gasteiger partial charge in [-0.3, -0.25) is 0 Å². The summed E-state index contributed by atoms with van der Waals surface area (Å²) in [7, 11) is 0. The minimum atomic E-state index is 0. The maximum absolute atomic E-state index is 3.38. The summed E-state index contributed by atoms with van der Waals surface area (Å²) in [5.41, 5.74) is 0. The summed E-state index contributed by atoms with van der Waals surface area (Å²) in [6.45, 7) is 0. The predicted octanol–water partition coefficient (Wildman–Crippen LogP) is 1.54. The van der Waals surface area contributed by atoms with Gasteiger partial charge in [-0.2, -0.15) is 0 Å². The van der Waals surface area contributed by atoms with E-state index in [0.29, 0.717) is 0 Å². The van der Waals surface area contributed by atoms with Gasteiger partial charge in [0.25, 0.3) is 0 Å². The zero-order valence-corrected chi connectivity index (χ0v) is 7.63. The predicted molar refractivity (Wildman–Crippen MR) is 21.9 cm³/mol. The molecule has 1 aliphatic rings. The standard InChI is InChI=1S/C3H5Br.Zn/c4-3-1-2-3;/h3H,1-2H2;/q;+2. The van der Waals surface area contributed by atoms with Crippen LogP contribution in [0.2, 0.25) is 0 Å². The van der Waals surface area contributed by atoms with E-state index in [1.807, 2.05) is 0 Å². The molecule has 0 saturated heterocycles. The quantitative estimate of drug-likeness (QED) is 0.398. The second-order valence-corrected chi connectivity index (χ2v) is 2.47. The van der Waals surface area contributed by atoms with Crippen LogP contribution in [0.4, 0.5) is 0 Å². The summed E-state index contributed by atoms with van der Waals surface area (Å²) >= 11 is 3.38. The van der Waals surface area contributed by atoms with Crippen LogP contribution in [0, 0.1) is 0 Å². The molecule has 1 fully saturated rings. The van der Waals surface area contributed by atoms with Gasteiger partial charge in [0.15, 0.2) is 0 Å². The van der Waals surface area contributed by atoms with Crippen molar-refractivity contribution in [2.45, 2.75) is 17.7 Å². The molecule has 0 amide bonds. The topological polar surface area (TPSA) is 0 Å². The van der Waals surface area contributed by atoms with Crippen molar-refractivity contribution in [3.05, 3.63) is 0 Å². The summed E-state index contributed by atoms with van der Waals surface area (Å²) in [6, 6.07) is 0. The molecule has 24 valence electrons. The SMILES string of the molecule is BrC1CC1.[Zn+2]. The van der Waals surface area contributed by atoms with Crippen LogP contribution in [-0.2, 0) is 19.5 Å². The maximum Gasteiger partial charge on any atom is 2.00 e. The first-order chi connectivity index (χ1) is 1.89. The van der Waals surface area contributed by atoms with Crippen molar-refractivity contribution in [1.82, 2.24) is 0 Å². The Morgan fingerprint density at radius 1 is 1.40 bits per heavy atom. The molecule has 0 bridgehead atoms. The third-order valence-electron chi connectivity index (χ3n) is 0.507. The van der Waals surface area contributed by atoms with E-state index in [9.17, 15) is 0 Å². The van der Waals surface area contributed by atoms with Gasteiger partial charge >= 0.3 is 19.5 Å². The molecule has 1 rings (SSSR count). The van der Waals surface area contributed by atoms with Crippen molar-refractivity contribution in [3.63, 3.8) is 0 Å². The molecule has 1 aliphatic carbocycles. The average Bonchev–Trinajstić information content (AvgIpc) is 1.75. The second-order valence-electron chi connectivity index (χ2n) is 1.17. The van der Waals surface area contributed by atoms with Crippen molar-refractivity contribution < 1.29 is 19.5 Å². The van der Waals surface area contributed by atoms with E-state index >= 15 is 0 Å². The molecular weight excluding hydrogens is 181 g/mol. The van der Waals surface area contributed by atoms with Crippen LogP contribution in [0.5, 0.6) is 0 Å². The summed E-state index contributed by atoms with van der Waals surface area (Å²) in [6.07, 6.45) is 2.81. The van der Waals surface area contributed by atoms with Gasteiger partial charge in [-0.05, 0) is 12.8 Å². The molecule has 0 radical (unpaired) electrons. The number of alkyl halides is 1. The zero-order chi connectivity index (χ0) is 2.99. The van der Waals surface area contributed by atoms with E-state index in [2.05, 4.69) is 15.9 Å². The molecule has 0 aliphatic heterocycles. The maximum atomic E-state index is 3.38. The Morgan fingerprint density at radius 2 is 1.60 bits per heavy atom. The summed E-state index contributed by atoms with van der Waals surface area (Å²) in [5, 5.41) is 0. The summed E-state index contributed by atoms with van der Waals surface area (Å²) in [5.74, 6) is 0. The van der Waals surface area contributed by atoms with Crippen molar-refractivity contribution >= 4 is 15.9 Å². The number of rotatable bonds is 0. The third-order valence-corrected chi connectivity index (χ3v) is 1.42. The molecule has 0 atom stereocenters. The van der Waals surface area contributed by atoms with E-state index in [-0.39, 0.29) is 19.5 Å². The summed E-state index contributed by atoms with van der Waals surface area (Å²) < 4.78 is 0. The van der Waals surface area contributed by atoms with Gasteiger partial charge in [0.05, 0.1) is 0 Å². The van der Waals surface area contributed by atoms with E-state index in [1.54, 1.807) is 0 Å². The Hall–Kier alpha value is 1.10. The molecule has 0 aromatic rings. The van der Waals surface area contributed by atoms with Gasteiger partial charge < -0.3 is 0 Å². The fourth-order valence-corrected chi connectivity index (χ4v) is 0.327. The minimum absolute atomic E-state index is 0. The van der Waals surface area contributed by atoms with Crippen LogP contribution in [0.1, 0.15) is 12.8 Å². The molecular formula is C3H5BrZn+2. The average molecular weight is 186 g/mol. The van der Waals surface area contributed by atoms with Gasteiger partial charge in [-0.15, -0.1) is 0 Å². The molecule has 0 heterocycles. The molecule has 2 heteroatoms. The Bertz CT molecular complexity index is 26.1. The molecule has 0 nitrogen and oxygen atoms in total. The number of halogens is 1. The van der Waals surface area contributed by atoms with E-state index in [1.165, 1.54) is 12.8 Å². The van der Waals surface area contributed by atoms with Gasteiger partial charge in [-0.1, -0.05) is 15.9 Å². The van der Waals surface area contributed by atoms with E-state index in [0.717, 1.165) is 4.83 Å². The number of hydrogen-bond acceptors (Lipinski definition) is 0. The van der Waals surface area contributed by atoms with Gasteiger partial charge in [0.1, 0.15) is 0 Å². The fourth-order valence-electron chi connectivity index (χ4n) is 0.0630. The van der Waals surface area contributed by atoms with Crippen molar-refractivity contribution in [2.75, 3.05) is 0 Å². The van der Waals surface area contributed by atoms with Crippen LogP contribution in [-0.4, -0.2) is 4.83 Å². The Morgan fingerprint density at radius 3 is 1.60 bits per heavy atom. The molecule has 5 heavy (non-hydrogen) atoms. The van der Waals surface area contributed by atoms with Crippen molar-refractivity contribution in [1.29, 1.82) is 0 Å². The molecule has 0 N–H and O–H groups in total. The van der Waals surface area contributed by atoms with Crippen LogP contribution < -0.4 is 0 Å². The molecule has 1 saturated carbocycles. The zero-order valence-electron chi connectivity index (χ0n) is 3.08.